The van der Waals surface area contributed by atoms with E-state index in [0.717, 1.165) is 0 Å². The van der Waals surface area contributed by atoms with E-state index in [1.54, 1.807) is 0 Å². The Hall–Kier alpha value is -1.82. The molecule has 0 aliphatic rings. The monoisotopic (exact) mass is 300 g/mol. The molecule has 0 saturated carbocycles. The molecule has 2 aromatic rings. The molecule has 0 aromatic heterocycles. The molecule has 0 unspecified atom stereocenters. The van der Waals surface area contributed by atoms with Gasteiger partial charge in [0.1, 0.15) is 0 Å². The average molecular weight is 301 g/mol. The maximum atomic E-state index is 3.89. The van der Waals surface area contributed by atoms with Crippen LogP contribution >= 0.6 is 0 Å². The summed E-state index contributed by atoms with van der Waals surface area (Å²) in [7, 11) is 0. The van der Waals surface area contributed by atoms with Gasteiger partial charge in [-0.2, -0.15) is 0 Å². The number of aryl methyl sites for hydroxylation is 1. The lowest BCUT2D eigenvalue weighted by Crippen LogP contribution is -1.88. The molecule has 0 heterocycles. The lowest BCUT2D eigenvalue weighted by molar-refractivity contribution is 1.48. The minimum atomic E-state index is 0. The van der Waals surface area contributed by atoms with Crippen molar-refractivity contribution >= 4 is 22.9 Å². The van der Waals surface area contributed by atoms with Gasteiger partial charge in [0.05, 0.1) is 0 Å². The summed E-state index contributed by atoms with van der Waals surface area (Å²) in [6.07, 6.45) is 6.15. The van der Waals surface area contributed by atoms with Crippen LogP contribution in [0.25, 0.3) is 22.9 Å². The fraction of sp³-hybridized carbons (Fsp3) is 0.364. The lowest BCUT2D eigenvalue weighted by Gasteiger charge is -2.10. The van der Waals surface area contributed by atoms with Crippen LogP contribution in [0, 0.1) is 6.92 Å². The van der Waals surface area contributed by atoms with Crippen molar-refractivity contribution in [3.63, 3.8) is 0 Å². The fourth-order valence-corrected chi connectivity index (χ4v) is 2.13. The molecule has 0 N–H and O–H groups in total. The molecule has 0 aliphatic carbocycles. The van der Waals surface area contributed by atoms with Gasteiger partial charge >= 0.3 is 0 Å². The van der Waals surface area contributed by atoms with Gasteiger partial charge < -0.3 is 0 Å². The molecule has 2 aromatic carbocycles. The number of rotatable bonds is 2. The number of allylic oxidation sites excluding steroid dienone is 1. The Labute approximate surface area is 139 Å². The van der Waals surface area contributed by atoms with Crippen LogP contribution in [0.1, 0.15) is 66.2 Å². The van der Waals surface area contributed by atoms with Crippen LogP contribution in [-0.2, 0) is 0 Å². The molecule has 124 valence electrons. The van der Waals surface area contributed by atoms with Crippen LogP contribution in [0.2, 0.25) is 0 Å². The standard InChI is InChI=1S/C16H16.2C2H6.2CH4/c1-4-8-15-12(3)16-10-7-6-9-14(16)11-13(15)5-2;2*1-2;;/h4-11H,2H2,1,3H3;2*1-2H3;2*1H4/b8-4-;;;;. The van der Waals surface area contributed by atoms with Crippen LogP contribution in [0.3, 0.4) is 0 Å². The highest BCUT2D eigenvalue weighted by molar-refractivity contribution is 5.91. The highest BCUT2D eigenvalue weighted by Crippen LogP contribution is 2.27. The second-order valence-corrected chi connectivity index (χ2v) is 3.93. The Morgan fingerprint density at radius 1 is 0.955 bits per heavy atom. The van der Waals surface area contributed by atoms with E-state index in [9.17, 15) is 0 Å². The third-order valence-corrected chi connectivity index (χ3v) is 2.94. The first-order valence-electron chi connectivity index (χ1n) is 7.55. The van der Waals surface area contributed by atoms with Gasteiger partial charge in [-0.15, -0.1) is 0 Å². The molecule has 0 aliphatic heterocycles. The first-order valence-corrected chi connectivity index (χ1v) is 7.55. The summed E-state index contributed by atoms with van der Waals surface area (Å²) in [5.41, 5.74) is 3.80. The van der Waals surface area contributed by atoms with Crippen LogP contribution < -0.4 is 0 Å². The Morgan fingerprint density at radius 3 is 2.00 bits per heavy atom. The normalized spacial score (nSPS) is 8.64. The van der Waals surface area contributed by atoms with E-state index in [2.05, 4.69) is 56.0 Å². The molecule has 0 amide bonds. The van der Waals surface area contributed by atoms with Crippen molar-refractivity contribution in [3.05, 3.63) is 59.7 Å². The summed E-state index contributed by atoms with van der Waals surface area (Å²) in [4.78, 5) is 0. The van der Waals surface area contributed by atoms with Crippen molar-refractivity contribution in [1.29, 1.82) is 0 Å². The minimum absolute atomic E-state index is 0. The number of hydrogen-bond donors (Lipinski definition) is 0. The quantitative estimate of drug-likeness (QED) is 0.525. The SMILES string of the molecule is C.C.C=Cc1cc2ccccc2c(C)c1/C=C\C.CC.CC. The van der Waals surface area contributed by atoms with E-state index >= 15 is 0 Å². The molecule has 0 saturated heterocycles. The molecule has 0 spiro atoms. The molecule has 0 atom stereocenters. The summed E-state index contributed by atoms with van der Waals surface area (Å²) in [6, 6.07) is 10.7. The third kappa shape index (κ3) is 5.89. The van der Waals surface area contributed by atoms with Crippen molar-refractivity contribution < 1.29 is 0 Å². The number of fused-ring (bicyclic) bond motifs is 1. The zero-order valence-corrected chi connectivity index (χ0v) is 13.8. The van der Waals surface area contributed by atoms with Crippen molar-refractivity contribution in [1.82, 2.24) is 0 Å². The molecule has 0 heteroatoms. The largest absolute Gasteiger partial charge is 0.0984 e. The van der Waals surface area contributed by atoms with E-state index in [0.29, 0.717) is 0 Å². The van der Waals surface area contributed by atoms with E-state index in [-0.39, 0.29) is 14.9 Å². The van der Waals surface area contributed by atoms with E-state index in [1.807, 2.05) is 40.7 Å². The molecule has 0 radical (unpaired) electrons. The molecular weight excluding hydrogens is 264 g/mol. The summed E-state index contributed by atoms with van der Waals surface area (Å²) >= 11 is 0. The van der Waals surface area contributed by atoms with Crippen molar-refractivity contribution in [3.8, 4) is 0 Å². The molecule has 22 heavy (non-hydrogen) atoms. The van der Waals surface area contributed by atoms with Gasteiger partial charge in [-0.3, -0.25) is 0 Å². The summed E-state index contributed by atoms with van der Waals surface area (Å²) in [6.45, 7) is 16.1. The maximum absolute atomic E-state index is 3.89. The Balaban J connectivity index is -0.000000557. The van der Waals surface area contributed by atoms with Gasteiger partial charge in [0.2, 0.25) is 0 Å². The lowest BCUT2D eigenvalue weighted by atomic mass is 9.94. The predicted octanol–water partition coefficient (Wildman–Crippen LogP) is 8.15. The smallest absolute Gasteiger partial charge is 0.0148 e. The first kappa shape index (κ1) is 25.2. The van der Waals surface area contributed by atoms with E-state index in [4.69, 9.17) is 0 Å². The Bertz CT molecular complexity index is 560. The van der Waals surface area contributed by atoms with Gasteiger partial charge in [-0.1, -0.05) is 91.6 Å². The Kier molecular flexibility index (Phi) is 16.2. The average Bonchev–Trinajstić information content (AvgIpc) is 2.54. The van der Waals surface area contributed by atoms with E-state index < -0.39 is 0 Å². The number of hydrogen-bond acceptors (Lipinski definition) is 0. The van der Waals surface area contributed by atoms with Gasteiger partial charge in [0.25, 0.3) is 0 Å². The second-order valence-electron chi connectivity index (χ2n) is 3.93. The van der Waals surface area contributed by atoms with Gasteiger partial charge in [-0.05, 0) is 47.4 Å². The molecule has 2 rings (SSSR count). The fourth-order valence-electron chi connectivity index (χ4n) is 2.13. The van der Waals surface area contributed by atoms with Gasteiger partial charge in [-0.25, -0.2) is 0 Å². The highest BCUT2D eigenvalue weighted by atomic mass is 14.1. The molecule has 0 bridgehead atoms. The maximum Gasteiger partial charge on any atom is -0.0148 e. The predicted molar refractivity (Wildman–Crippen MR) is 110 cm³/mol. The van der Waals surface area contributed by atoms with Gasteiger partial charge in [0, 0.05) is 0 Å². The zero-order chi connectivity index (χ0) is 15.5. The van der Waals surface area contributed by atoms with Crippen LogP contribution in [0.4, 0.5) is 0 Å². The molecule has 0 fully saturated rings. The second kappa shape index (κ2) is 14.1. The topological polar surface area (TPSA) is 0 Å². The van der Waals surface area contributed by atoms with Crippen LogP contribution in [-0.4, -0.2) is 0 Å². The summed E-state index contributed by atoms with van der Waals surface area (Å²) < 4.78 is 0. The van der Waals surface area contributed by atoms with Crippen LogP contribution in [0.15, 0.2) is 43.0 Å². The number of benzene rings is 2. The highest BCUT2D eigenvalue weighted by Gasteiger charge is 2.05. The van der Waals surface area contributed by atoms with Crippen LogP contribution in [0.5, 0.6) is 0 Å². The van der Waals surface area contributed by atoms with Crippen molar-refractivity contribution in [2.75, 3.05) is 0 Å². The van der Waals surface area contributed by atoms with Gasteiger partial charge in [0.15, 0.2) is 0 Å². The van der Waals surface area contributed by atoms with Crippen molar-refractivity contribution in [2.24, 2.45) is 0 Å². The van der Waals surface area contributed by atoms with E-state index in [1.165, 1.54) is 27.5 Å². The molecular formula is C22H36. The zero-order valence-electron chi connectivity index (χ0n) is 13.8. The first-order chi connectivity index (χ1) is 9.77. The molecule has 0 nitrogen and oxygen atoms in total. The summed E-state index contributed by atoms with van der Waals surface area (Å²) in [5.74, 6) is 0. The third-order valence-electron chi connectivity index (χ3n) is 2.94. The van der Waals surface area contributed by atoms with Crippen molar-refractivity contribution in [2.45, 2.75) is 56.4 Å². The minimum Gasteiger partial charge on any atom is -0.0984 e. The summed E-state index contributed by atoms with van der Waals surface area (Å²) in [5, 5.41) is 2.60. The Morgan fingerprint density at radius 2 is 1.50 bits per heavy atom.